The van der Waals surface area contributed by atoms with Crippen molar-refractivity contribution in [2.24, 2.45) is 0 Å². The largest absolute Gasteiger partial charge is 0.396 e. The molecule has 2 heterocycles. The Morgan fingerprint density at radius 1 is 1.57 bits per heavy atom. The number of nitrogen functional groups attached to an aromatic ring is 1. The molecule has 3 N–H and O–H groups in total. The lowest BCUT2D eigenvalue weighted by Gasteiger charge is -2.44. The number of rotatable bonds is 3. The molecule has 0 saturated carbocycles. The molecule has 1 saturated heterocycles. The van der Waals surface area contributed by atoms with Gasteiger partial charge in [0.05, 0.1) is 24.0 Å². The molecule has 0 amide bonds. The summed E-state index contributed by atoms with van der Waals surface area (Å²) in [6.45, 7) is 5.10. The van der Waals surface area contributed by atoms with Crippen molar-refractivity contribution in [3.05, 3.63) is 12.4 Å². The molecule has 0 aromatic carbocycles. The van der Waals surface area contributed by atoms with E-state index in [1.54, 1.807) is 6.20 Å². The van der Waals surface area contributed by atoms with E-state index in [-0.39, 0.29) is 0 Å². The third kappa shape index (κ3) is 2.05. The van der Waals surface area contributed by atoms with Crippen molar-refractivity contribution in [1.82, 2.24) is 14.7 Å². The Morgan fingerprint density at radius 3 is 2.79 bits per heavy atom. The van der Waals surface area contributed by atoms with E-state index >= 15 is 0 Å². The first-order chi connectivity index (χ1) is 6.55. The molecule has 78 valence electrons. The summed E-state index contributed by atoms with van der Waals surface area (Å²) in [6.07, 6.45) is 3.46. The summed E-state index contributed by atoms with van der Waals surface area (Å²) in [5.74, 6) is 0. The van der Waals surface area contributed by atoms with Gasteiger partial charge in [0.2, 0.25) is 0 Å². The highest BCUT2D eigenvalue weighted by Gasteiger charge is 2.35. The fraction of sp³-hybridized carbons (Fsp3) is 0.667. The Morgan fingerprint density at radius 2 is 2.29 bits per heavy atom. The van der Waals surface area contributed by atoms with Crippen LogP contribution in [0.5, 0.6) is 0 Å². The summed E-state index contributed by atoms with van der Waals surface area (Å²) in [6, 6.07) is 0. The quantitative estimate of drug-likeness (QED) is 0.686. The van der Waals surface area contributed by atoms with Crippen LogP contribution in [-0.4, -0.2) is 45.0 Å². The van der Waals surface area contributed by atoms with Crippen LogP contribution in [0.3, 0.4) is 0 Å². The Balaban J connectivity index is 1.74. The average molecular weight is 196 g/mol. The van der Waals surface area contributed by atoms with E-state index in [0.29, 0.717) is 5.69 Å². The number of anilines is 1. The summed E-state index contributed by atoms with van der Waals surface area (Å²) >= 11 is 0. The van der Waals surface area contributed by atoms with Crippen LogP contribution >= 0.6 is 0 Å². The minimum atomic E-state index is -0.483. The molecular formula is C9H16N4O. The maximum Gasteiger partial charge on any atom is 0.0872 e. The lowest BCUT2D eigenvalue weighted by molar-refractivity contribution is -0.0842. The molecule has 0 spiro atoms. The van der Waals surface area contributed by atoms with E-state index in [9.17, 15) is 5.11 Å². The van der Waals surface area contributed by atoms with E-state index in [1.165, 1.54) is 0 Å². The number of aromatic nitrogens is 2. The summed E-state index contributed by atoms with van der Waals surface area (Å²) in [5, 5.41) is 13.6. The number of β-amino-alcohol motifs (C(OH)–C–C–N with tert-alkyl or cyclic N) is 1. The predicted molar refractivity (Wildman–Crippen MR) is 53.7 cm³/mol. The fourth-order valence-corrected chi connectivity index (χ4v) is 1.82. The molecule has 14 heavy (non-hydrogen) atoms. The van der Waals surface area contributed by atoms with Crippen molar-refractivity contribution >= 4 is 5.69 Å². The molecule has 1 aliphatic heterocycles. The molecule has 2 rings (SSSR count). The Labute approximate surface area is 83.1 Å². The second kappa shape index (κ2) is 3.25. The standard InChI is InChI=1S/C9H16N4O/c1-9(14)6-12(7-9)2-3-13-5-8(10)4-11-13/h4-5,14H,2-3,6-7,10H2,1H3. The lowest BCUT2D eigenvalue weighted by atomic mass is 9.97. The van der Waals surface area contributed by atoms with E-state index in [2.05, 4.69) is 10.00 Å². The van der Waals surface area contributed by atoms with Gasteiger partial charge in [-0.2, -0.15) is 5.10 Å². The lowest BCUT2D eigenvalue weighted by Crippen LogP contribution is -2.60. The monoisotopic (exact) mass is 196 g/mol. The summed E-state index contributed by atoms with van der Waals surface area (Å²) in [7, 11) is 0. The highest BCUT2D eigenvalue weighted by Crippen LogP contribution is 2.18. The number of aliphatic hydroxyl groups is 1. The van der Waals surface area contributed by atoms with Gasteiger partial charge in [0.1, 0.15) is 0 Å². The first kappa shape index (κ1) is 9.48. The van der Waals surface area contributed by atoms with Crippen LogP contribution in [0.15, 0.2) is 12.4 Å². The van der Waals surface area contributed by atoms with Crippen LogP contribution in [0, 0.1) is 0 Å². The van der Waals surface area contributed by atoms with Crippen LogP contribution in [0.4, 0.5) is 5.69 Å². The third-order valence-corrected chi connectivity index (χ3v) is 2.43. The maximum absolute atomic E-state index is 9.50. The Bertz CT molecular complexity index is 312. The van der Waals surface area contributed by atoms with Crippen molar-refractivity contribution < 1.29 is 5.11 Å². The molecule has 1 aromatic rings. The van der Waals surface area contributed by atoms with E-state index < -0.39 is 5.60 Å². The normalized spacial score (nSPS) is 20.7. The van der Waals surface area contributed by atoms with Gasteiger partial charge in [-0.1, -0.05) is 0 Å². The zero-order valence-electron chi connectivity index (χ0n) is 8.35. The predicted octanol–water partition coefficient (Wildman–Crippen LogP) is -0.468. The van der Waals surface area contributed by atoms with E-state index in [4.69, 9.17) is 5.73 Å². The van der Waals surface area contributed by atoms with Gasteiger partial charge in [0, 0.05) is 25.8 Å². The minimum Gasteiger partial charge on any atom is -0.396 e. The summed E-state index contributed by atoms with van der Waals surface area (Å²) < 4.78 is 1.82. The van der Waals surface area contributed by atoms with Crippen LogP contribution in [0.2, 0.25) is 0 Å². The van der Waals surface area contributed by atoms with Crippen LogP contribution < -0.4 is 5.73 Å². The zero-order chi connectivity index (χ0) is 10.2. The van der Waals surface area contributed by atoms with Crippen LogP contribution in [0.25, 0.3) is 0 Å². The molecule has 0 radical (unpaired) electrons. The third-order valence-electron chi connectivity index (χ3n) is 2.43. The minimum absolute atomic E-state index is 0.483. The van der Waals surface area contributed by atoms with Crippen LogP contribution in [0.1, 0.15) is 6.92 Å². The van der Waals surface area contributed by atoms with Gasteiger partial charge in [-0.25, -0.2) is 0 Å². The maximum atomic E-state index is 9.50. The summed E-state index contributed by atoms with van der Waals surface area (Å²) in [4.78, 5) is 2.19. The highest BCUT2D eigenvalue weighted by molar-refractivity contribution is 5.30. The average Bonchev–Trinajstić information content (AvgIpc) is 2.44. The van der Waals surface area contributed by atoms with Gasteiger partial charge >= 0.3 is 0 Å². The molecule has 0 aliphatic carbocycles. The molecule has 1 aromatic heterocycles. The fourth-order valence-electron chi connectivity index (χ4n) is 1.82. The Kier molecular flexibility index (Phi) is 2.20. The zero-order valence-corrected chi connectivity index (χ0v) is 8.35. The van der Waals surface area contributed by atoms with Gasteiger partial charge < -0.3 is 10.8 Å². The first-order valence-corrected chi connectivity index (χ1v) is 4.78. The number of likely N-dealkylation sites (tertiary alicyclic amines) is 1. The smallest absolute Gasteiger partial charge is 0.0872 e. The molecule has 5 nitrogen and oxygen atoms in total. The number of hydrogen-bond acceptors (Lipinski definition) is 4. The van der Waals surface area contributed by atoms with Gasteiger partial charge in [0.25, 0.3) is 0 Å². The van der Waals surface area contributed by atoms with Gasteiger partial charge in [0.15, 0.2) is 0 Å². The van der Waals surface area contributed by atoms with Crippen molar-refractivity contribution in [2.45, 2.75) is 19.1 Å². The van der Waals surface area contributed by atoms with Gasteiger partial charge in [-0.05, 0) is 6.92 Å². The number of nitrogens with two attached hydrogens (primary N) is 1. The summed E-state index contributed by atoms with van der Waals surface area (Å²) in [5.41, 5.74) is 5.75. The Hall–Kier alpha value is -1.07. The van der Waals surface area contributed by atoms with Crippen LogP contribution in [-0.2, 0) is 6.54 Å². The number of nitrogens with zero attached hydrogens (tertiary/aromatic N) is 3. The second-order valence-electron chi connectivity index (χ2n) is 4.24. The highest BCUT2D eigenvalue weighted by atomic mass is 16.3. The topological polar surface area (TPSA) is 67.3 Å². The number of hydrogen-bond donors (Lipinski definition) is 2. The SMILES string of the molecule is CC1(O)CN(CCn2cc(N)cn2)C1. The van der Waals surface area contributed by atoms with Gasteiger partial charge in [-0.3, -0.25) is 9.58 Å². The van der Waals surface area contributed by atoms with Crippen molar-refractivity contribution in [3.63, 3.8) is 0 Å². The van der Waals surface area contributed by atoms with E-state index in [0.717, 1.165) is 26.2 Å². The first-order valence-electron chi connectivity index (χ1n) is 4.78. The molecule has 0 unspecified atom stereocenters. The second-order valence-corrected chi connectivity index (χ2v) is 4.24. The molecule has 1 fully saturated rings. The molecule has 1 aliphatic rings. The molecule has 0 atom stereocenters. The van der Waals surface area contributed by atoms with Crippen molar-refractivity contribution in [1.29, 1.82) is 0 Å². The van der Waals surface area contributed by atoms with E-state index in [1.807, 2.05) is 17.8 Å². The molecule has 0 bridgehead atoms. The van der Waals surface area contributed by atoms with Gasteiger partial charge in [-0.15, -0.1) is 0 Å². The molecular weight excluding hydrogens is 180 g/mol. The van der Waals surface area contributed by atoms with Crippen molar-refractivity contribution in [3.8, 4) is 0 Å². The molecule has 5 heteroatoms. The van der Waals surface area contributed by atoms with Crippen molar-refractivity contribution in [2.75, 3.05) is 25.4 Å².